The van der Waals surface area contributed by atoms with E-state index in [4.69, 9.17) is 9.47 Å². The Kier molecular flexibility index (Phi) is 5.31. The second-order valence-electron chi connectivity index (χ2n) is 7.38. The number of nitrogens with zero attached hydrogens (tertiary/aromatic N) is 4. The van der Waals surface area contributed by atoms with Gasteiger partial charge in [0.2, 0.25) is 5.91 Å². The molecule has 0 saturated heterocycles. The summed E-state index contributed by atoms with van der Waals surface area (Å²) < 4.78 is 13.2. The van der Waals surface area contributed by atoms with Crippen LogP contribution < -0.4 is 26.0 Å². The van der Waals surface area contributed by atoms with Crippen LogP contribution in [-0.4, -0.2) is 38.2 Å². The molecule has 4 aromatic rings. The van der Waals surface area contributed by atoms with Crippen LogP contribution in [0.4, 0.5) is 5.69 Å². The largest absolute Gasteiger partial charge is 0.486 e. The zero-order valence-corrected chi connectivity index (χ0v) is 17.4. The Bertz CT molecular complexity index is 1460. The molecule has 33 heavy (non-hydrogen) atoms. The van der Waals surface area contributed by atoms with Gasteiger partial charge >= 0.3 is 5.69 Å². The van der Waals surface area contributed by atoms with Crippen molar-refractivity contribution in [3.63, 3.8) is 0 Å². The van der Waals surface area contributed by atoms with Crippen LogP contribution in [0.25, 0.3) is 11.2 Å². The summed E-state index contributed by atoms with van der Waals surface area (Å²) in [5.41, 5.74) is 0.122. The summed E-state index contributed by atoms with van der Waals surface area (Å²) in [5.74, 6) is 0.666. The summed E-state index contributed by atoms with van der Waals surface area (Å²) in [5, 5.41) is 2.75. The lowest BCUT2D eigenvalue weighted by molar-refractivity contribution is -0.116. The number of rotatable bonds is 5. The van der Waals surface area contributed by atoms with E-state index in [-0.39, 0.29) is 24.3 Å². The molecule has 5 rings (SSSR count). The zero-order chi connectivity index (χ0) is 22.8. The van der Waals surface area contributed by atoms with Crippen molar-refractivity contribution in [1.82, 2.24) is 19.1 Å². The third-order valence-corrected chi connectivity index (χ3v) is 5.16. The maximum absolute atomic E-state index is 13.2. The highest BCUT2D eigenvalue weighted by atomic mass is 16.6. The fourth-order valence-corrected chi connectivity index (χ4v) is 3.64. The maximum Gasteiger partial charge on any atom is 0.333 e. The number of anilines is 1. The van der Waals surface area contributed by atoms with Crippen molar-refractivity contribution >= 4 is 22.8 Å². The first-order valence-electron chi connectivity index (χ1n) is 10.3. The van der Waals surface area contributed by atoms with E-state index in [0.717, 1.165) is 14.7 Å². The van der Waals surface area contributed by atoms with Crippen molar-refractivity contribution < 1.29 is 14.3 Å². The Morgan fingerprint density at radius 2 is 1.70 bits per heavy atom. The molecule has 166 valence electrons. The third-order valence-electron chi connectivity index (χ3n) is 5.16. The fourth-order valence-electron chi connectivity index (χ4n) is 3.64. The molecule has 0 fully saturated rings. The average molecular weight is 445 g/mol. The molecule has 0 aliphatic carbocycles. The highest BCUT2D eigenvalue weighted by Crippen LogP contribution is 2.32. The number of carbonyl (C=O) groups excluding carboxylic acids is 1. The molecule has 1 amide bonds. The van der Waals surface area contributed by atoms with Gasteiger partial charge in [0.05, 0.1) is 6.54 Å². The molecule has 0 bridgehead atoms. The first-order valence-corrected chi connectivity index (χ1v) is 10.3. The van der Waals surface area contributed by atoms with Crippen LogP contribution in [-0.2, 0) is 17.9 Å². The van der Waals surface area contributed by atoms with E-state index in [0.29, 0.717) is 30.4 Å². The second-order valence-corrected chi connectivity index (χ2v) is 7.38. The maximum atomic E-state index is 13.2. The van der Waals surface area contributed by atoms with Crippen LogP contribution >= 0.6 is 0 Å². The summed E-state index contributed by atoms with van der Waals surface area (Å²) in [7, 11) is 0. The lowest BCUT2D eigenvalue weighted by Crippen LogP contribution is -2.42. The monoisotopic (exact) mass is 445 g/mol. The number of carbonyl (C=O) groups is 1. The normalized spacial score (nSPS) is 12.5. The SMILES string of the molecule is O=C(Cn1c(=O)n(Cc2ccccc2)c(=O)c2nccnc21)Nc1ccc2c(c1)OCCO2. The van der Waals surface area contributed by atoms with Gasteiger partial charge in [-0.05, 0) is 17.7 Å². The predicted octanol–water partition coefficient (Wildman–Crippen LogP) is 1.41. The molecule has 0 atom stereocenters. The smallest absolute Gasteiger partial charge is 0.333 e. The van der Waals surface area contributed by atoms with Crippen molar-refractivity contribution in [2.75, 3.05) is 18.5 Å². The van der Waals surface area contributed by atoms with Gasteiger partial charge in [-0.2, -0.15) is 0 Å². The van der Waals surface area contributed by atoms with Crippen molar-refractivity contribution in [3.8, 4) is 11.5 Å². The van der Waals surface area contributed by atoms with Gasteiger partial charge in [0.1, 0.15) is 19.8 Å². The number of benzene rings is 2. The Balaban J connectivity index is 1.49. The van der Waals surface area contributed by atoms with Gasteiger partial charge in [0.25, 0.3) is 5.56 Å². The minimum Gasteiger partial charge on any atom is -0.486 e. The molecule has 10 nitrogen and oxygen atoms in total. The fraction of sp³-hybridized carbons (Fsp3) is 0.174. The van der Waals surface area contributed by atoms with Crippen LogP contribution in [0.1, 0.15) is 5.56 Å². The first kappa shape index (κ1) is 20.4. The van der Waals surface area contributed by atoms with Gasteiger partial charge < -0.3 is 14.8 Å². The molecule has 1 N–H and O–H groups in total. The van der Waals surface area contributed by atoms with Crippen molar-refractivity contribution in [2.24, 2.45) is 0 Å². The van der Waals surface area contributed by atoms with Crippen LogP contribution in [0.2, 0.25) is 0 Å². The van der Waals surface area contributed by atoms with Crippen LogP contribution in [0, 0.1) is 0 Å². The van der Waals surface area contributed by atoms with Crippen LogP contribution in [0.15, 0.2) is 70.5 Å². The van der Waals surface area contributed by atoms with Gasteiger partial charge in [-0.15, -0.1) is 0 Å². The van der Waals surface area contributed by atoms with Gasteiger partial charge in [0, 0.05) is 24.1 Å². The van der Waals surface area contributed by atoms with E-state index >= 15 is 0 Å². The Labute approximate surface area is 187 Å². The molecule has 10 heteroatoms. The van der Waals surface area contributed by atoms with Crippen LogP contribution in [0.5, 0.6) is 11.5 Å². The molecule has 0 spiro atoms. The number of hydrogen-bond acceptors (Lipinski definition) is 7. The molecular weight excluding hydrogens is 426 g/mol. The summed E-state index contributed by atoms with van der Waals surface area (Å²) in [6.45, 7) is 0.591. The molecule has 2 aromatic carbocycles. The minimum atomic E-state index is -0.644. The standard InChI is InChI=1S/C23H19N5O5/c29-19(26-16-6-7-17-18(12-16)33-11-10-32-17)14-27-21-20(24-8-9-25-21)22(30)28(23(27)31)13-15-4-2-1-3-5-15/h1-9,12H,10-11,13-14H2,(H,26,29). The topological polar surface area (TPSA) is 117 Å². The van der Waals surface area contributed by atoms with Crippen molar-refractivity contribution in [2.45, 2.75) is 13.1 Å². The van der Waals surface area contributed by atoms with E-state index in [1.165, 1.54) is 12.4 Å². The number of fused-ring (bicyclic) bond motifs is 2. The highest BCUT2D eigenvalue weighted by molar-refractivity contribution is 5.91. The number of hydrogen-bond donors (Lipinski definition) is 1. The Morgan fingerprint density at radius 1 is 0.939 bits per heavy atom. The quantitative estimate of drug-likeness (QED) is 0.494. The Morgan fingerprint density at radius 3 is 2.52 bits per heavy atom. The van der Waals surface area contributed by atoms with E-state index in [2.05, 4.69) is 15.3 Å². The third kappa shape index (κ3) is 4.05. The van der Waals surface area contributed by atoms with Crippen molar-refractivity contribution in [3.05, 3.63) is 87.3 Å². The molecule has 0 unspecified atom stereocenters. The van der Waals surface area contributed by atoms with E-state index in [1.54, 1.807) is 18.2 Å². The van der Waals surface area contributed by atoms with Gasteiger partial charge in [-0.25, -0.2) is 14.8 Å². The number of aromatic nitrogens is 4. The molecule has 2 aromatic heterocycles. The van der Waals surface area contributed by atoms with Gasteiger partial charge in [0.15, 0.2) is 22.7 Å². The predicted molar refractivity (Wildman–Crippen MR) is 120 cm³/mol. The summed E-state index contributed by atoms with van der Waals surface area (Å²) in [6, 6.07) is 14.2. The zero-order valence-electron chi connectivity index (χ0n) is 17.4. The minimum absolute atomic E-state index is 0.0140. The summed E-state index contributed by atoms with van der Waals surface area (Å²) in [4.78, 5) is 47.2. The number of nitrogens with one attached hydrogen (secondary N) is 1. The lowest BCUT2D eigenvalue weighted by Gasteiger charge is -2.19. The molecule has 1 aliphatic rings. The highest BCUT2D eigenvalue weighted by Gasteiger charge is 2.18. The first-order chi connectivity index (χ1) is 16.1. The molecule has 0 saturated carbocycles. The van der Waals surface area contributed by atoms with Crippen molar-refractivity contribution in [1.29, 1.82) is 0 Å². The molecule has 1 aliphatic heterocycles. The summed E-state index contributed by atoms with van der Waals surface area (Å²) in [6.07, 6.45) is 2.75. The molecular formula is C23H19N5O5. The van der Waals surface area contributed by atoms with E-state index in [9.17, 15) is 14.4 Å². The van der Waals surface area contributed by atoms with Gasteiger partial charge in [-0.3, -0.25) is 18.7 Å². The number of amides is 1. The van der Waals surface area contributed by atoms with Crippen LogP contribution in [0.3, 0.4) is 0 Å². The lowest BCUT2D eigenvalue weighted by atomic mass is 10.2. The van der Waals surface area contributed by atoms with E-state index < -0.39 is 17.2 Å². The molecule has 0 radical (unpaired) electrons. The average Bonchev–Trinajstić information content (AvgIpc) is 2.85. The Hall–Kier alpha value is -4.47. The summed E-state index contributed by atoms with van der Waals surface area (Å²) >= 11 is 0. The number of ether oxygens (including phenoxy) is 2. The second kappa shape index (κ2) is 8.58. The van der Waals surface area contributed by atoms with Gasteiger partial charge in [-0.1, -0.05) is 30.3 Å². The van der Waals surface area contributed by atoms with E-state index in [1.807, 2.05) is 30.3 Å². The molecule has 3 heterocycles.